The van der Waals surface area contributed by atoms with E-state index in [2.05, 4.69) is 5.10 Å². The van der Waals surface area contributed by atoms with E-state index in [0.717, 1.165) is 6.42 Å². The maximum atomic E-state index is 11.1. The molecule has 1 rings (SSSR count). The third-order valence-electron chi connectivity index (χ3n) is 2.52. The number of thioether (sulfide) groups is 1. The van der Waals surface area contributed by atoms with E-state index >= 15 is 0 Å². The Morgan fingerprint density at radius 2 is 2.28 bits per heavy atom. The van der Waals surface area contributed by atoms with Crippen LogP contribution in [-0.2, 0) is 6.54 Å². The molecule has 6 nitrogen and oxygen atoms in total. The monoisotopic (exact) mass is 273 g/mol. The molecule has 1 unspecified atom stereocenters. The van der Waals surface area contributed by atoms with Gasteiger partial charge in [-0.2, -0.15) is 5.10 Å². The van der Waals surface area contributed by atoms with Gasteiger partial charge in [-0.3, -0.25) is 14.8 Å². The molecule has 1 atom stereocenters. The lowest BCUT2D eigenvalue weighted by Gasteiger charge is -2.10. The number of rotatable bonds is 7. The second-order valence-corrected chi connectivity index (χ2v) is 5.59. The minimum Gasteiger partial charge on any atom is -0.396 e. The van der Waals surface area contributed by atoms with Crippen LogP contribution in [0, 0.1) is 17.0 Å². The first-order valence-corrected chi connectivity index (χ1v) is 6.88. The first-order valence-electron chi connectivity index (χ1n) is 6.00. The van der Waals surface area contributed by atoms with Gasteiger partial charge in [0.25, 0.3) is 0 Å². The van der Waals surface area contributed by atoms with Crippen LogP contribution in [0.3, 0.4) is 0 Å². The summed E-state index contributed by atoms with van der Waals surface area (Å²) in [5, 5.41) is 24.9. The number of aryl methyl sites for hydroxylation is 2. The molecule has 1 aromatic rings. The number of nitro groups is 1. The SMILES string of the molecule is CCCn1nc(C)c([N+](=O)[O-])c1SC(C)CCO. The summed E-state index contributed by atoms with van der Waals surface area (Å²) < 4.78 is 1.70. The van der Waals surface area contributed by atoms with Crippen LogP contribution in [0.1, 0.15) is 32.4 Å². The lowest BCUT2D eigenvalue weighted by atomic mass is 10.3. The molecule has 0 fully saturated rings. The van der Waals surface area contributed by atoms with E-state index in [9.17, 15) is 10.1 Å². The van der Waals surface area contributed by atoms with Gasteiger partial charge in [0.1, 0.15) is 5.69 Å². The molecule has 18 heavy (non-hydrogen) atoms. The van der Waals surface area contributed by atoms with Gasteiger partial charge >= 0.3 is 5.69 Å². The van der Waals surface area contributed by atoms with Crippen LogP contribution in [0.4, 0.5) is 5.69 Å². The number of aliphatic hydroxyl groups excluding tert-OH is 1. The molecular weight excluding hydrogens is 254 g/mol. The highest BCUT2D eigenvalue weighted by Crippen LogP contribution is 2.35. The van der Waals surface area contributed by atoms with Crippen molar-refractivity contribution >= 4 is 17.4 Å². The molecule has 0 bridgehead atoms. The summed E-state index contributed by atoms with van der Waals surface area (Å²) in [6, 6.07) is 0. The van der Waals surface area contributed by atoms with Crippen LogP contribution >= 0.6 is 11.8 Å². The van der Waals surface area contributed by atoms with Crippen LogP contribution in [-0.4, -0.2) is 31.7 Å². The molecule has 7 heteroatoms. The van der Waals surface area contributed by atoms with E-state index in [-0.39, 0.29) is 22.5 Å². The quantitative estimate of drug-likeness (QED) is 0.468. The lowest BCUT2D eigenvalue weighted by molar-refractivity contribution is -0.388. The van der Waals surface area contributed by atoms with Crippen molar-refractivity contribution in [2.24, 2.45) is 0 Å². The summed E-state index contributed by atoms with van der Waals surface area (Å²) in [7, 11) is 0. The minimum atomic E-state index is -0.373. The Balaban J connectivity index is 3.07. The molecule has 1 N–H and O–H groups in total. The fraction of sp³-hybridized carbons (Fsp3) is 0.727. The largest absolute Gasteiger partial charge is 0.396 e. The van der Waals surface area contributed by atoms with Gasteiger partial charge in [-0.15, -0.1) is 0 Å². The van der Waals surface area contributed by atoms with Gasteiger partial charge in [0.05, 0.1) is 4.92 Å². The Bertz CT molecular complexity index is 420. The van der Waals surface area contributed by atoms with Crippen LogP contribution in [0.15, 0.2) is 5.03 Å². The first kappa shape index (κ1) is 15.0. The lowest BCUT2D eigenvalue weighted by Crippen LogP contribution is -2.06. The van der Waals surface area contributed by atoms with Crippen molar-refractivity contribution in [1.82, 2.24) is 9.78 Å². The zero-order valence-corrected chi connectivity index (χ0v) is 11.7. The molecule has 102 valence electrons. The molecule has 0 saturated heterocycles. The fourth-order valence-corrected chi connectivity index (χ4v) is 2.86. The predicted molar refractivity (Wildman–Crippen MR) is 70.9 cm³/mol. The first-order chi connectivity index (χ1) is 8.51. The van der Waals surface area contributed by atoms with Crippen molar-refractivity contribution in [3.05, 3.63) is 15.8 Å². The third kappa shape index (κ3) is 3.46. The molecule has 0 spiro atoms. The van der Waals surface area contributed by atoms with E-state index in [1.807, 2.05) is 13.8 Å². The summed E-state index contributed by atoms with van der Waals surface area (Å²) in [6.07, 6.45) is 1.48. The molecule has 1 heterocycles. The van der Waals surface area contributed by atoms with Crippen molar-refractivity contribution < 1.29 is 10.0 Å². The Labute approximate surface area is 111 Å². The second kappa shape index (κ2) is 6.75. The van der Waals surface area contributed by atoms with Gasteiger partial charge in [0, 0.05) is 18.4 Å². The molecule has 0 aromatic carbocycles. The average Bonchev–Trinajstić information content (AvgIpc) is 2.56. The number of nitrogens with zero attached hydrogens (tertiary/aromatic N) is 3. The normalized spacial score (nSPS) is 12.7. The summed E-state index contributed by atoms with van der Waals surface area (Å²) in [5.74, 6) is 0. The highest BCUT2D eigenvalue weighted by Gasteiger charge is 2.26. The highest BCUT2D eigenvalue weighted by atomic mass is 32.2. The number of aliphatic hydroxyl groups is 1. The van der Waals surface area contributed by atoms with E-state index in [4.69, 9.17) is 5.11 Å². The standard InChI is InChI=1S/C11H19N3O3S/c1-4-6-13-11(18-8(2)5-7-15)10(14(16)17)9(3)12-13/h8,15H,4-7H2,1-3H3. The van der Waals surface area contributed by atoms with E-state index in [1.54, 1.807) is 11.6 Å². The molecule has 0 saturated carbocycles. The maximum Gasteiger partial charge on any atom is 0.323 e. The van der Waals surface area contributed by atoms with Crippen molar-refractivity contribution in [2.45, 2.75) is 50.4 Å². The Hall–Kier alpha value is -1.08. The van der Waals surface area contributed by atoms with E-state index < -0.39 is 0 Å². The summed E-state index contributed by atoms with van der Waals surface area (Å²) in [5.41, 5.74) is 0.547. The molecule has 0 aliphatic heterocycles. The van der Waals surface area contributed by atoms with Crippen molar-refractivity contribution in [1.29, 1.82) is 0 Å². The topological polar surface area (TPSA) is 81.2 Å². The van der Waals surface area contributed by atoms with Gasteiger partial charge in [-0.1, -0.05) is 25.6 Å². The summed E-state index contributed by atoms with van der Waals surface area (Å²) in [4.78, 5) is 10.7. The van der Waals surface area contributed by atoms with Crippen molar-refractivity contribution in [2.75, 3.05) is 6.61 Å². The zero-order valence-electron chi connectivity index (χ0n) is 10.9. The molecule has 0 radical (unpaired) electrons. The maximum absolute atomic E-state index is 11.1. The van der Waals surface area contributed by atoms with Gasteiger partial charge in [0.2, 0.25) is 0 Å². The zero-order chi connectivity index (χ0) is 13.7. The molecular formula is C11H19N3O3S. The van der Waals surface area contributed by atoms with Crippen LogP contribution in [0.2, 0.25) is 0 Å². The molecule has 0 aliphatic carbocycles. The number of hydrogen-bond acceptors (Lipinski definition) is 5. The van der Waals surface area contributed by atoms with Crippen LogP contribution in [0.25, 0.3) is 0 Å². The minimum absolute atomic E-state index is 0.0862. The summed E-state index contributed by atoms with van der Waals surface area (Å²) >= 11 is 1.41. The third-order valence-corrected chi connectivity index (χ3v) is 3.78. The Morgan fingerprint density at radius 3 is 2.78 bits per heavy atom. The number of hydrogen-bond donors (Lipinski definition) is 1. The highest BCUT2D eigenvalue weighted by molar-refractivity contribution is 8.00. The van der Waals surface area contributed by atoms with Gasteiger partial charge in [-0.25, -0.2) is 0 Å². The van der Waals surface area contributed by atoms with E-state index in [0.29, 0.717) is 23.7 Å². The molecule has 0 amide bonds. The molecule has 0 aliphatic rings. The van der Waals surface area contributed by atoms with Gasteiger partial charge in [-0.05, 0) is 19.8 Å². The second-order valence-electron chi connectivity index (χ2n) is 4.16. The fourth-order valence-electron chi connectivity index (χ4n) is 1.67. The van der Waals surface area contributed by atoms with Crippen molar-refractivity contribution in [3.8, 4) is 0 Å². The molecule has 1 aromatic heterocycles. The smallest absolute Gasteiger partial charge is 0.323 e. The predicted octanol–water partition coefficient (Wildman–Crippen LogP) is 2.37. The van der Waals surface area contributed by atoms with Crippen LogP contribution < -0.4 is 0 Å². The van der Waals surface area contributed by atoms with Gasteiger partial charge in [0.15, 0.2) is 5.03 Å². The average molecular weight is 273 g/mol. The van der Waals surface area contributed by atoms with Crippen molar-refractivity contribution in [3.63, 3.8) is 0 Å². The number of aromatic nitrogens is 2. The van der Waals surface area contributed by atoms with E-state index in [1.165, 1.54) is 11.8 Å². The van der Waals surface area contributed by atoms with Crippen LogP contribution in [0.5, 0.6) is 0 Å². The Kier molecular flexibility index (Phi) is 5.61. The van der Waals surface area contributed by atoms with Gasteiger partial charge < -0.3 is 5.11 Å². The summed E-state index contributed by atoms with van der Waals surface area (Å²) in [6.45, 7) is 6.37. The Morgan fingerprint density at radius 1 is 1.61 bits per heavy atom.